The maximum atomic E-state index is 12.8. The molecule has 1 unspecified atom stereocenters. The summed E-state index contributed by atoms with van der Waals surface area (Å²) in [5, 5.41) is 0. The molecule has 1 saturated heterocycles. The Labute approximate surface area is 139 Å². The number of oxazole rings is 1. The van der Waals surface area contributed by atoms with E-state index in [1.165, 1.54) is 7.11 Å². The highest BCUT2D eigenvalue weighted by molar-refractivity contribution is 5.96. The van der Waals surface area contributed by atoms with Gasteiger partial charge in [0.05, 0.1) is 37.9 Å². The Morgan fingerprint density at radius 1 is 1.46 bits per heavy atom. The van der Waals surface area contributed by atoms with Crippen molar-refractivity contribution in [3.8, 4) is 5.75 Å². The van der Waals surface area contributed by atoms with Gasteiger partial charge in [-0.25, -0.2) is 4.98 Å². The van der Waals surface area contributed by atoms with Crippen molar-refractivity contribution in [2.45, 2.75) is 25.3 Å². The molecule has 2 aromatic heterocycles. The monoisotopic (exact) mass is 329 g/mol. The number of pyridine rings is 1. The lowest BCUT2D eigenvalue weighted by molar-refractivity contribution is 0.0724. The molecule has 0 aliphatic carbocycles. The molecule has 0 bridgehead atoms. The summed E-state index contributed by atoms with van der Waals surface area (Å²) in [6.45, 7) is 2.48. The summed E-state index contributed by atoms with van der Waals surface area (Å²) in [5.74, 6) is 2.28. The van der Waals surface area contributed by atoms with Gasteiger partial charge < -0.3 is 18.8 Å². The minimum atomic E-state index is -0.0753. The zero-order valence-electron chi connectivity index (χ0n) is 13.5. The summed E-state index contributed by atoms with van der Waals surface area (Å²) < 4.78 is 16.5. The standard InChI is InChI=1S/C17H19N3O4/c1-22-15-8-18-5-2-12(15)17(21)20-6-3-14-13(9-20)19-16(24-14)11-4-7-23-10-11/h2,5,8,11H,3-4,6-7,9-10H2,1H3. The second-order valence-corrected chi connectivity index (χ2v) is 6.04. The average molecular weight is 329 g/mol. The van der Waals surface area contributed by atoms with Crippen LogP contribution in [0, 0.1) is 0 Å². The topological polar surface area (TPSA) is 77.7 Å². The number of methoxy groups -OCH3 is 1. The molecule has 2 aliphatic heterocycles. The summed E-state index contributed by atoms with van der Waals surface area (Å²) in [4.78, 5) is 23.2. The molecule has 2 aromatic rings. The van der Waals surface area contributed by atoms with Crippen molar-refractivity contribution in [1.82, 2.24) is 14.9 Å². The number of hydrogen-bond donors (Lipinski definition) is 0. The molecule has 0 spiro atoms. The van der Waals surface area contributed by atoms with Crippen LogP contribution in [0.3, 0.4) is 0 Å². The molecule has 1 fully saturated rings. The van der Waals surface area contributed by atoms with Crippen molar-refractivity contribution in [2.75, 3.05) is 26.9 Å². The van der Waals surface area contributed by atoms with Gasteiger partial charge >= 0.3 is 0 Å². The molecule has 126 valence electrons. The lowest BCUT2D eigenvalue weighted by atomic mass is 10.1. The quantitative estimate of drug-likeness (QED) is 0.854. The molecule has 4 rings (SSSR count). The van der Waals surface area contributed by atoms with Crippen molar-refractivity contribution in [3.63, 3.8) is 0 Å². The summed E-state index contributed by atoms with van der Waals surface area (Å²) in [7, 11) is 1.54. The van der Waals surface area contributed by atoms with Gasteiger partial charge in [-0.05, 0) is 12.5 Å². The molecule has 7 heteroatoms. The number of nitrogens with zero attached hydrogens (tertiary/aromatic N) is 3. The van der Waals surface area contributed by atoms with Gasteiger partial charge in [0.15, 0.2) is 5.89 Å². The zero-order valence-corrected chi connectivity index (χ0v) is 13.5. The Morgan fingerprint density at radius 3 is 3.17 bits per heavy atom. The van der Waals surface area contributed by atoms with Crippen LogP contribution < -0.4 is 4.74 Å². The minimum Gasteiger partial charge on any atom is -0.494 e. The van der Waals surface area contributed by atoms with E-state index in [1.54, 1.807) is 23.4 Å². The second kappa shape index (κ2) is 6.24. The number of ether oxygens (including phenoxy) is 2. The number of carbonyl (C=O) groups excluding carboxylic acids is 1. The van der Waals surface area contributed by atoms with Crippen LogP contribution in [0.4, 0.5) is 0 Å². The van der Waals surface area contributed by atoms with Gasteiger partial charge in [-0.3, -0.25) is 9.78 Å². The highest BCUT2D eigenvalue weighted by atomic mass is 16.5. The fraction of sp³-hybridized carbons (Fsp3) is 0.471. The van der Waals surface area contributed by atoms with E-state index in [1.807, 2.05) is 0 Å². The van der Waals surface area contributed by atoms with Crippen molar-refractivity contribution < 1.29 is 18.7 Å². The SMILES string of the molecule is COc1cnccc1C(=O)N1CCc2oc(C3CCOC3)nc2C1. The highest BCUT2D eigenvalue weighted by Gasteiger charge is 2.30. The third kappa shape index (κ3) is 2.65. The fourth-order valence-corrected chi connectivity index (χ4v) is 3.19. The number of carbonyl (C=O) groups is 1. The summed E-state index contributed by atoms with van der Waals surface area (Å²) >= 11 is 0. The third-order valence-electron chi connectivity index (χ3n) is 4.55. The first-order valence-electron chi connectivity index (χ1n) is 8.09. The molecule has 0 saturated carbocycles. The Morgan fingerprint density at radius 2 is 2.38 bits per heavy atom. The van der Waals surface area contributed by atoms with Crippen molar-refractivity contribution in [2.24, 2.45) is 0 Å². The smallest absolute Gasteiger partial charge is 0.258 e. The maximum Gasteiger partial charge on any atom is 0.258 e. The van der Waals surface area contributed by atoms with E-state index in [9.17, 15) is 4.79 Å². The molecule has 0 N–H and O–H groups in total. The Hall–Kier alpha value is -2.41. The van der Waals surface area contributed by atoms with E-state index in [4.69, 9.17) is 13.9 Å². The molecular formula is C17H19N3O4. The number of aromatic nitrogens is 2. The lowest BCUT2D eigenvalue weighted by Gasteiger charge is -2.25. The third-order valence-corrected chi connectivity index (χ3v) is 4.55. The van der Waals surface area contributed by atoms with Crippen LogP contribution in [0.15, 0.2) is 22.9 Å². The first-order chi connectivity index (χ1) is 11.8. The Bertz CT molecular complexity index is 752. The Balaban J connectivity index is 1.54. The van der Waals surface area contributed by atoms with Crippen LogP contribution in [0.25, 0.3) is 0 Å². The first kappa shape index (κ1) is 15.1. The predicted octanol–water partition coefficient (Wildman–Crippen LogP) is 1.78. The van der Waals surface area contributed by atoms with E-state index < -0.39 is 0 Å². The molecule has 0 radical (unpaired) electrons. The van der Waals surface area contributed by atoms with Gasteiger partial charge in [-0.2, -0.15) is 0 Å². The largest absolute Gasteiger partial charge is 0.494 e. The molecule has 7 nitrogen and oxygen atoms in total. The number of amides is 1. The van der Waals surface area contributed by atoms with Crippen molar-refractivity contribution >= 4 is 5.91 Å². The van der Waals surface area contributed by atoms with Crippen LogP contribution >= 0.6 is 0 Å². The van der Waals surface area contributed by atoms with Gasteiger partial charge in [0.25, 0.3) is 5.91 Å². The van der Waals surface area contributed by atoms with E-state index in [0.717, 1.165) is 30.4 Å². The van der Waals surface area contributed by atoms with Crippen molar-refractivity contribution in [1.29, 1.82) is 0 Å². The van der Waals surface area contributed by atoms with Gasteiger partial charge in [0.2, 0.25) is 0 Å². The van der Waals surface area contributed by atoms with E-state index >= 15 is 0 Å². The average Bonchev–Trinajstić information content (AvgIpc) is 3.29. The van der Waals surface area contributed by atoms with E-state index in [-0.39, 0.29) is 11.8 Å². The van der Waals surface area contributed by atoms with Crippen molar-refractivity contribution in [3.05, 3.63) is 41.4 Å². The molecular weight excluding hydrogens is 310 g/mol. The number of fused-ring (bicyclic) bond motifs is 1. The van der Waals surface area contributed by atoms with E-state index in [2.05, 4.69) is 9.97 Å². The molecule has 1 atom stereocenters. The number of rotatable bonds is 3. The summed E-state index contributed by atoms with van der Waals surface area (Å²) in [6.07, 6.45) is 4.77. The van der Waals surface area contributed by atoms with Crippen LogP contribution in [-0.2, 0) is 17.7 Å². The second-order valence-electron chi connectivity index (χ2n) is 6.04. The zero-order chi connectivity index (χ0) is 16.5. The van der Waals surface area contributed by atoms with Gasteiger partial charge in [-0.15, -0.1) is 0 Å². The van der Waals surface area contributed by atoms with Gasteiger partial charge in [-0.1, -0.05) is 0 Å². The number of hydrogen-bond acceptors (Lipinski definition) is 6. The van der Waals surface area contributed by atoms with E-state index in [0.29, 0.717) is 37.4 Å². The van der Waals surface area contributed by atoms with Crippen LogP contribution in [-0.4, -0.2) is 47.6 Å². The van der Waals surface area contributed by atoms with Gasteiger partial charge in [0.1, 0.15) is 17.2 Å². The first-order valence-corrected chi connectivity index (χ1v) is 8.09. The van der Waals surface area contributed by atoms with Crippen LogP contribution in [0.5, 0.6) is 5.75 Å². The summed E-state index contributed by atoms with van der Waals surface area (Å²) in [6, 6.07) is 1.68. The van der Waals surface area contributed by atoms with Crippen LogP contribution in [0.1, 0.15) is 40.0 Å². The molecule has 24 heavy (non-hydrogen) atoms. The molecule has 2 aliphatic rings. The highest BCUT2D eigenvalue weighted by Crippen LogP contribution is 2.29. The Kier molecular flexibility index (Phi) is 3.93. The normalized spacial score (nSPS) is 20.0. The lowest BCUT2D eigenvalue weighted by Crippen LogP contribution is -2.36. The maximum absolute atomic E-state index is 12.8. The molecule has 4 heterocycles. The fourth-order valence-electron chi connectivity index (χ4n) is 3.19. The van der Waals surface area contributed by atoms with Crippen LogP contribution in [0.2, 0.25) is 0 Å². The summed E-state index contributed by atoms with van der Waals surface area (Å²) in [5.41, 5.74) is 1.37. The molecule has 0 aromatic carbocycles. The minimum absolute atomic E-state index is 0.0753. The predicted molar refractivity (Wildman–Crippen MR) is 83.9 cm³/mol. The van der Waals surface area contributed by atoms with Gasteiger partial charge in [0, 0.05) is 25.8 Å². The molecule has 1 amide bonds.